The Morgan fingerprint density at radius 3 is 2.59 bits per heavy atom. The number of benzene rings is 2. The molecule has 0 spiro atoms. The van der Waals surface area contributed by atoms with E-state index >= 15 is 0 Å². The van der Waals surface area contributed by atoms with Gasteiger partial charge in [-0.1, -0.05) is 11.6 Å². The van der Waals surface area contributed by atoms with Crippen molar-refractivity contribution in [1.29, 1.82) is 0 Å². The fraction of sp³-hybridized carbons (Fsp3) is 0.316. The van der Waals surface area contributed by atoms with Crippen LogP contribution in [-0.2, 0) is 0 Å². The molecule has 0 aromatic heterocycles. The Labute approximate surface area is 170 Å². The quantitative estimate of drug-likeness (QED) is 0.723. The van der Waals surface area contributed by atoms with Crippen LogP contribution >= 0.6 is 27.5 Å². The van der Waals surface area contributed by atoms with E-state index in [4.69, 9.17) is 30.5 Å². The lowest BCUT2D eigenvalue weighted by Crippen LogP contribution is -2.32. The van der Waals surface area contributed by atoms with Gasteiger partial charge in [0.15, 0.2) is 11.5 Å². The summed E-state index contributed by atoms with van der Waals surface area (Å²) < 4.78 is 22.2. The topological polar surface area (TPSA) is 66.0 Å². The van der Waals surface area contributed by atoms with Gasteiger partial charge in [0.25, 0.3) is 5.91 Å². The van der Waals surface area contributed by atoms with Crippen molar-refractivity contribution in [3.8, 4) is 23.0 Å². The summed E-state index contributed by atoms with van der Waals surface area (Å²) >= 11 is 9.55. The van der Waals surface area contributed by atoms with Crippen molar-refractivity contribution in [1.82, 2.24) is 5.32 Å². The van der Waals surface area contributed by atoms with Crippen LogP contribution in [0.15, 0.2) is 28.7 Å². The van der Waals surface area contributed by atoms with Crippen LogP contribution in [0, 0.1) is 0 Å². The number of rotatable bonds is 5. The van der Waals surface area contributed by atoms with Crippen molar-refractivity contribution >= 4 is 33.4 Å². The van der Waals surface area contributed by atoms with Crippen molar-refractivity contribution in [3.63, 3.8) is 0 Å². The smallest absolute Gasteiger partial charge is 0.253 e. The lowest BCUT2D eigenvalue weighted by Gasteiger charge is -2.27. The second kappa shape index (κ2) is 8.27. The first-order chi connectivity index (χ1) is 13.0. The summed E-state index contributed by atoms with van der Waals surface area (Å²) in [4.78, 5) is 13.0. The SMILES string of the molecule is COc1cc(C(=O)NC2CCOc3ccc(Cl)cc32)c(Br)c(OC)c1OC. The van der Waals surface area contributed by atoms with E-state index in [0.717, 1.165) is 11.3 Å². The molecule has 6 nitrogen and oxygen atoms in total. The van der Waals surface area contributed by atoms with Gasteiger partial charge in [0, 0.05) is 17.0 Å². The lowest BCUT2D eigenvalue weighted by molar-refractivity contribution is 0.0923. The zero-order valence-electron chi connectivity index (χ0n) is 15.1. The summed E-state index contributed by atoms with van der Waals surface area (Å²) in [5.41, 5.74) is 1.23. The van der Waals surface area contributed by atoms with E-state index in [1.54, 1.807) is 12.1 Å². The van der Waals surface area contributed by atoms with Crippen molar-refractivity contribution in [3.05, 3.63) is 44.9 Å². The number of carbonyl (C=O) groups is 1. The second-order valence-electron chi connectivity index (χ2n) is 5.85. The summed E-state index contributed by atoms with van der Waals surface area (Å²) in [6.07, 6.45) is 0.640. The number of nitrogens with one attached hydrogen (secondary N) is 1. The van der Waals surface area contributed by atoms with E-state index in [9.17, 15) is 4.79 Å². The summed E-state index contributed by atoms with van der Waals surface area (Å²) in [5.74, 6) is 1.64. The molecule has 8 heteroatoms. The maximum Gasteiger partial charge on any atom is 0.253 e. The highest BCUT2D eigenvalue weighted by molar-refractivity contribution is 9.10. The summed E-state index contributed by atoms with van der Waals surface area (Å²) in [7, 11) is 4.51. The van der Waals surface area contributed by atoms with E-state index in [2.05, 4.69) is 21.2 Å². The van der Waals surface area contributed by atoms with Crippen LogP contribution in [0.5, 0.6) is 23.0 Å². The number of fused-ring (bicyclic) bond motifs is 1. The average molecular weight is 457 g/mol. The van der Waals surface area contributed by atoms with E-state index in [-0.39, 0.29) is 11.9 Å². The highest BCUT2D eigenvalue weighted by Gasteiger charge is 2.27. The van der Waals surface area contributed by atoms with Crippen LogP contribution in [0.25, 0.3) is 0 Å². The highest BCUT2D eigenvalue weighted by atomic mass is 79.9. The molecular formula is C19H19BrClNO5. The molecule has 2 aromatic rings. The van der Waals surface area contributed by atoms with Crippen LogP contribution in [0.2, 0.25) is 5.02 Å². The second-order valence-corrected chi connectivity index (χ2v) is 7.08. The van der Waals surface area contributed by atoms with Crippen LogP contribution < -0.4 is 24.3 Å². The minimum Gasteiger partial charge on any atom is -0.493 e. The molecule has 144 valence electrons. The number of methoxy groups -OCH3 is 3. The summed E-state index contributed by atoms with van der Waals surface area (Å²) in [6.45, 7) is 0.510. The predicted molar refractivity (Wildman–Crippen MR) is 106 cm³/mol. The molecule has 0 saturated carbocycles. The third-order valence-electron chi connectivity index (χ3n) is 4.33. The van der Waals surface area contributed by atoms with Crippen molar-refractivity contribution < 1.29 is 23.7 Å². The van der Waals surface area contributed by atoms with Crippen LogP contribution in [-0.4, -0.2) is 33.8 Å². The molecule has 0 saturated heterocycles. The Balaban J connectivity index is 1.95. The average Bonchev–Trinajstić information content (AvgIpc) is 2.67. The molecule has 3 rings (SSSR count). The maximum atomic E-state index is 13.0. The van der Waals surface area contributed by atoms with E-state index in [1.807, 2.05) is 12.1 Å². The predicted octanol–water partition coefficient (Wildman–Crippen LogP) is 4.38. The molecule has 1 heterocycles. The first-order valence-electron chi connectivity index (χ1n) is 8.21. The van der Waals surface area contributed by atoms with Crippen LogP contribution in [0.3, 0.4) is 0 Å². The van der Waals surface area contributed by atoms with E-state index < -0.39 is 0 Å². The first-order valence-corrected chi connectivity index (χ1v) is 9.38. The van der Waals surface area contributed by atoms with Gasteiger partial charge in [-0.3, -0.25) is 4.79 Å². The van der Waals surface area contributed by atoms with Gasteiger partial charge >= 0.3 is 0 Å². The Hall–Kier alpha value is -2.12. The Morgan fingerprint density at radius 2 is 1.93 bits per heavy atom. The van der Waals surface area contributed by atoms with Crippen molar-refractivity contribution in [2.75, 3.05) is 27.9 Å². The fourth-order valence-electron chi connectivity index (χ4n) is 3.04. The molecular weight excluding hydrogens is 438 g/mol. The van der Waals surface area contributed by atoms with Gasteiger partial charge in [0.1, 0.15) is 5.75 Å². The van der Waals surface area contributed by atoms with Crippen molar-refractivity contribution in [2.24, 2.45) is 0 Å². The maximum absolute atomic E-state index is 13.0. The largest absolute Gasteiger partial charge is 0.493 e. The molecule has 1 aliphatic heterocycles. The van der Waals surface area contributed by atoms with Gasteiger partial charge in [-0.15, -0.1) is 0 Å². The van der Waals surface area contributed by atoms with Gasteiger partial charge in [0.2, 0.25) is 5.75 Å². The number of hydrogen-bond acceptors (Lipinski definition) is 5. The number of amides is 1. The third-order valence-corrected chi connectivity index (χ3v) is 5.35. The standard InChI is InChI=1S/C19H19BrClNO5/c1-24-15-9-12(16(20)18(26-3)17(15)25-2)19(23)22-13-6-7-27-14-5-4-10(21)8-11(13)14/h4-5,8-9,13H,6-7H2,1-3H3,(H,22,23). The van der Waals surface area contributed by atoms with E-state index in [1.165, 1.54) is 21.3 Å². The van der Waals surface area contributed by atoms with E-state index in [0.29, 0.717) is 45.3 Å². The number of carbonyl (C=O) groups excluding carboxylic acids is 1. The monoisotopic (exact) mass is 455 g/mol. The minimum absolute atomic E-state index is 0.217. The van der Waals surface area contributed by atoms with Crippen LogP contribution in [0.4, 0.5) is 0 Å². The van der Waals surface area contributed by atoms with Gasteiger partial charge in [-0.2, -0.15) is 0 Å². The first kappa shape index (κ1) is 19.6. The Bertz CT molecular complexity index is 874. The number of ether oxygens (including phenoxy) is 4. The fourth-order valence-corrected chi connectivity index (χ4v) is 3.85. The third kappa shape index (κ3) is 3.80. The molecule has 0 bridgehead atoms. The van der Waals surface area contributed by atoms with Gasteiger partial charge in [-0.05, 0) is 40.2 Å². The number of hydrogen-bond donors (Lipinski definition) is 1. The van der Waals surface area contributed by atoms with Gasteiger partial charge in [-0.25, -0.2) is 0 Å². The molecule has 1 aliphatic rings. The highest BCUT2D eigenvalue weighted by Crippen LogP contribution is 2.45. The van der Waals surface area contributed by atoms with Crippen LogP contribution in [0.1, 0.15) is 28.4 Å². The Morgan fingerprint density at radius 1 is 1.19 bits per heavy atom. The number of halogens is 2. The zero-order valence-corrected chi connectivity index (χ0v) is 17.4. The molecule has 27 heavy (non-hydrogen) atoms. The summed E-state index contributed by atoms with van der Waals surface area (Å²) in [6, 6.07) is 6.78. The normalized spacial score (nSPS) is 15.4. The molecule has 1 unspecified atom stereocenters. The lowest BCUT2D eigenvalue weighted by atomic mass is 10.00. The Kier molecular flexibility index (Phi) is 6.01. The molecule has 1 atom stereocenters. The minimum atomic E-state index is -0.279. The molecule has 0 fully saturated rings. The molecule has 0 radical (unpaired) electrons. The molecule has 0 aliphatic carbocycles. The summed E-state index contributed by atoms with van der Waals surface area (Å²) in [5, 5.41) is 3.63. The van der Waals surface area contributed by atoms with Crippen molar-refractivity contribution in [2.45, 2.75) is 12.5 Å². The molecule has 1 amide bonds. The zero-order chi connectivity index (χ0) is 19.6. The molecule has 1 N–H and O–H groups in total. The van der Waals surface area contributed by atoms with Gasteiger partial charge in [0.05, 0.1) is 44.0 Å². The molecule has 2 aromatic carbocycles. The van der Waals surface area contributed by atoms with Gasteiger partial charge < -0.3 is 24.3 Å².